The van der Waals surface area contributed by atoms with Gasteiger partial charge in [0.2, 0.25) is 11.8 Å². The van der Waals surface area contributed by atoms with Gasteiger partial charge in [-0.2, -0.15) is 5.10 Å². The lowest BCUT2D eigenvalue weighted by Gasteiger charge is -2.37. The van der Waals surface area contributed by atoms with Crippen molar-refractivity contribution in [3.05, 3.63) is 48.8 Å². The fourth-order valence-corrected chi connectivity index (χ4v) is 3.15. The van der Waals surface area contributed by atoms with E-state index in [0.717, 1.165) is 12.1 Å². The first kappa shape index (κ1) is 16.2. The number of likely N-dealkylation sites (N-methyl/N-ethyl adjacent to an activating group) is 1. The highest BCUT2D eigenvalue weighted by molar-refractivity contribution is 6.00. The molecule has 2 unspecified atom stereocenters. The predicted molar refractivity (Wildman–Crippen MR) is 91.5 cm³/mol. The first-order valence-electron chi connectivity index (χ1n) is 8.22. The van der Waals surface area contributed by atoms with Gasteiger partial charge < -0.3 is 9.80 Å². The van der Waals surface area contributed by atoms with Crippen LogP contribution in [0.5, 0.6) is 0 Å². The Bertz CT molecular complexity index is 699. The minimum atomic E-state index is -0.426. The molecule has 0 bridgehead atoms. The van der Waals surface area contributed by atoms with Crippen LogP contribution in [0.2, 0.25) is 0 Å². The van der Waals surface area contributed by atoms with Crippen molar-refractivity contribution in [1.82, 2.24) is 14.7 Å². The van der Waals surface area contributed by atoms with E-state index in [-0.39, 0.29) is 11.8 Å². The zero-order valence-electron chi connectivity index (χ0n) is 14.0. The molecule has 0 radical (unpaired) electrons. The SMILES string of the molecule is CC(C(=O)N(C)C1CCCN(c2ccccc2)C1=O)n1cccn1. The van der Waals surface area contributed by atoms with Crippen LogP contribution in [0.1, 0.15) is 25.8 Å². The lowest BCUT2D eigenvalue weighted by Crippen LogP contribution is -2.54. The summed E-state index contributed by atoms with van der Waals surface area (Å²) in [6.07, 6.45) is 4.97. The van der Waals surface area contributed by atoms with Gasteiger partial charge in [0.25, 0.3) is 0 Å². The van der Waals surface area contributed by atoms with Gasteiger partial charge in [-0.1, -0.05) is 18.2 Å². The molecule has 0 aliphatic carbocycles. The van der Waals surface area contributed by atoms with Crippen molar-refractivity contribution >= 4 is 17.5 Å². The van der Waals surface area contributed by atoms with Crippen LogP contribution in [0.15, 0.2) is 48.8 Å². The molecule has 0 saturated carbocycles. The number of para-hydroxylation sites is 1. The van der Waals surface area contributed by atoms with Crippen LogP contribution in [0, 0.1) is 0 Å². The van der Waals surface area contributed by atoms with Crippen LogP contribution >= 0.6 is 0 Å². The van der Waals surface area contributed by atoms with Crippen LogP contribution in [0.4, 0.5) is 5.69 Å². The molecule has 3 rings (SSSR count). The molecule has 6 nitrogen and oxygen atoms in total. The van der Waals surface area contributed by atoms with Crippen molar-refractivity contribution < 1.29 is 9.59 Å². The van der Waals surface area contributed by atoms with Crippen molar-refractivity contribution in [2.75, 3.05) is 18.5 Å². The second-order valence-corrected chi connectivity index (χ2v) is 6.09. The molecule has 0 N–H and O–H groups in total. The van der Waals surface area contributed by atoms with Gasteiger partial charge in [-0.3, -0.25) is 14.3 Å². The maximum atomic E-state index is 12.9. The van der Waals surface area contributed by atoms with E-state index >= 15 is 0 Å². The van der Waals surface area contributed by atoms with Crippen LogP contribution in [0.25, 0.3) is 0 Å². The Balaban J connectivity index is 1.75. The predicted octanol–water partition coefficient (Wildman–Crippen LogP) is 2.10. The lowest BCUT2D eigenvalue weighted by atomic mass is 10.0. The number of carbonyl (C=O) groups is 2. The standard InChI is InChI=1S/C18H22N4O2/c1-14(22-13-7-11-19-22)17(23)20(2)16-10-6-12-21(18(16)24)15-8-4-3-5-9-15/h3-5,7-9,11,13-14,16H,6,10,12H2,1-2H3. The van der Waals surface area contributed by atoms with Gasteiger partial charge in [-0.25, -0.2) is 0 Å². The summed E-state index contributed by atoms with van der Waals surface area (Å²) in [7, 11) is 1.71. The van der Waals surface area contributed by atoms with Gasteiger partial charge in [0.05, 0.1) is 0 Å². The zero-order chi connectivity index (χ0) is 17.1. The molecule has 1 fully saturated rings. The molecule has 6 heteroatoms. The summed E-state index contributed by atoms with van der Waals surface area (Å²) >= 11 is 0. The summed E-state index contributed by atoms with van der Waals surface area (Å²) in [5, 5.41) is 4.12. The maximum Gasteiger partial charge on any atom is 0.249 e. The topological polar surface area (TPSA) is 58.4 Å². The van der Waals surface area contributed by atoms with Crippen LogP contribution in [0.3, 0.4) is 0 Å². The molecule has 2 atom stereocenters. The smallest absolute Gasteiger partial charge is 0.249 e. The van der Waals surface area contributed by atoms with Crippen LogP contribution in [-0.2, 0) is 9.59 Å². The summed E-state index contributed by atoms with van der Waals surface area (Å²) in [5.74, 6) is -0.122. The van der Waals surface area contributed by atoms with Gasteiger partial charge in [-0.15, -0.1) is 0 Å². The summed E-state index contributed by atoms with van der Waals surface area (Å²) in [4.78, 5) is 29.0. The third-order valence-electron chi connectivity index (χ3n) is 4.57. The van der Waals surface area contributed by atoms with Crippen molar-refractivity contribution in [2.45, 2.75) is 31.8 Å². The summed E-state index contributed by atoms with van der Waals surface area (Å²) in [6, 6.07) is 10.5. The minimum Gasteiger partial charge on any atom is -0.332 e. The number of nitrogens with zero attached hydrogens (tertiary/aromatic N) is 4. The molecule has 1 aromatic carbocycles. The Kier molecular flexibility index (Phi) is 4.64. The Morgan fingerprint density at radius 3 is 2.71 bits per heavy atom. The number of aromatic nitrogens is 2. The second-order valence-electron chi connectivity index (χ2n) is 6.09. The first-order chi connectivity index (χ1) is 11.6. The Morgan fingerprint density at radius 1 is 1.29 bits per heavy atom. The molecule has 0 spiro atoms. The zero-order valence-corrected chi connectivity index (χ0v) is 14.0. The number of hydrogen-bond donors (Lipinski definition) is 0. The fraction of sp³-hybridized carbons (Fsp3) is 0.389. The third kappa shape index (κ3) is 3.04. The van der Waals surface area contributed by atoms with E-state index < -0.39 is 12.1 Å². The molecule has 1 aliphatic rings. The van der Waals surface area contributed by atoms with E-state index in [2.05, 4.69) is 5.10 Å². The van der Waals surface area contributed by atoms with Crippen LogP contribution in [-0.4, -0.2) is 46.1 Å². The minimum absolute atomic E-state index is 0.0176. The molecule has 1 aliphatic heterocycles. The number of hydrogen-bond acceptors (Lipinski definition) is 3. The highest BCUT2D eigenvalue weighted by Crippen LogP contribution is 2.24. The van der Waals surface area contributed by atoms with Gasteiger partial charge >= 0.3 is 0 Å². The van der Waals surface area contributed by atoms with Gasteiger partial charge in [-0.05, 0) is 38.0 Å². The molecule has 2 amide bonds. The average Bonchev–Trinajstić information content (AvgIpc) is 3.15. The average molecular weight is 326 g/mol. The third-order valence-corrected chi connectivity index (χ3v) is 4.57. The van der Waals surface area contributed by atoms with Gasteiger partial charge in [0.1, 0.15) is 12.1 Å². The molecule has 1 saturated heterocycles. The Morgan fingerprint density at radius 2 is 2.04 bits per heavy atom. The van der Waals surface area contributed by atoms with Gasteiger partial charge in [0, 0.05) is 31.7 Å². The van der Waals surface area contributed by atoms with Crippen molar-refractivity contribution in [2.24, 2.45) is 0 Å². The van der Waals surface area contributed by atoms with E-state index in [0.29, 0.717) is 13.0 Å². The number of rotatable bonds is 4. The van der Waals surface area contributed by atoms with E-state index in [9.17, 15) is 9.59 Å². The van der Waals surface area contributed by atoms with E-state index in [1.54, 1.807) is 46.9 Å². The molecule has 2 heterocycles. The molecule has 126 valence electrons. The largest absolute Gasteiger partial charge is 0.332 e. The lowest BCUT2D eigenvalue weighted by molar-refractivity contribution is -0.141. The number of amides is 2. The number of piperidine rings is 1. The van der Waals surface area contributed by atoms with E-state index in [1.165, 1.54) is 0 Å². The normalized spacial score (nSPS) is 19.2. The molecule has 2 aromatic rings. The molecular weight excluding hydrogens is 304 g/mol. The van der Waals surface area contributed by atoms with Crippen molar-refractivity contribution in [3.63, 3.8) is 0 Å². The fourth-order valence-electron chi connectivity index (χ4n) is 3.15. The monoisotopic (exact) mass is 326 g/mol. The van der Waals surface area contributed by atoms with E-state index in [1.807, 2.05) is 30.3 Å². The Labute approximate surface area is 141 Å². The number of anilines is 1. The second kappa shape index (κ2) is 6.86. The number of carbonyl (C=O) groups excluding carboxylic acids is 2. The summed E-state index contributed by atoms with van der Waals surface area (Å²) in [5.41, 5.74) is 0.883. The highest BCUT2D eigenvalue weighted by atomic mass is 16.2. The highest BCUT2D eigenvalue weighted by Gasteiger charge is 2.36. The quantitative estimate of drug-likeness (QED) is 0.864. The molecule has 1 aromatic heterocycles. The number of benzene rings is 1. The van der Waals surface area contributed by atoms with Crippen molar-refractivity contribution in [3.8, 4) is 0 Å². The maximum absolute atomic E-state index is 12.9. The van der Waals surface area contributed by atoms with Crippen LogP contribution < -0.4 is 4.90 Å². The van der Waals surface area contributed by atoms with Gasteiger partial charge in [0.15, 0.2) is 0 Å². The Hall–Kier alpha value is -2.63. The molecular formula is C18H22N4O2. The summed E-state index contributed by atoms with van der Waals surface area (Å²) < 4.78 is 1.61. The first-order valence-corrected chi connectivity index (χ1v) is 8.22. The van der Waals surface area contributed by atoms with E-state index in [4.69, 9.17) is 0 Å². The van der Waals surface area contributed by atoms with Crippen molar-refractivity contribution in [1.29, 1.82) is 0 Å². The molecule has 24 heavy (non-hydrogen) atoms. The summed E-state index contributed by atoms with van der Waals surface area (Å²) in [6.45, 7) is 2.49.